The van der Waals surface area contributed by atoms with Crippen LogP contribution in [0, 0.1) is 16.7 Å². The summed E-state index contributed by atoms with van der Waals surface area (Å²) in [6.07, 6.45) is 5.94. The number of fused-ring (bicyclic) bond motifs is 1. The molecule has 2 saturated carbocycles. The molecule has 1 heterocycles. The highest BCUT2D eigenvalue weighted by molar-refractivity contribution is 5.80. The molecule has 2 N–H and O–H groups in total. The minimum atomic E-state index is -0.736. The maximum Gasteiger partial charge on any atom is 0.317 e. The van der Waals surface area contributed by atoms with Gasteiger partial charge in [-0.1, -0.05) is 12.8 Å². The van der Waals surface area contributed by atoms with E-state index in [4.69, 9.17) is 4.74 Å². The van der Waals surface area contributed by atoms with Crippen LogP contribution in [0.5, 0.6) is 0 Å². The van der Waals surface area contributed by atoms with Gasteiger partial charge in [-0.05, 0) is 31.6 Å². The summed E-state index contributed by atoms with van der Waals surface area (Å²) < 4.78 is 5.27. The second-order valence-electron chi connectivity index (χ2n) is 7.38. The van der Waals surface area contributed by atoms with Crippen molar-refractivity contribution in [1.29, 1.82) is 0 Å². The van der Waals surface area contributed by atoms with E-state index in [1.54, 1.807) is 12.0 Å². The number of carboxylic acid groups (broad SMARTS) is 1. The monoisotopic (exact) mass is 310 g/mol. The Morgan fingerprint density at radius 2 is 2.09 bits per heavy atom. The van der Waals surface area contributed by atoms with Crippen LogP contribution in [0.2, 0.25) is 0 Å². The number of nitrogens with one attached hydrogen (secondary N) is 1. The van der Waals surface area contributed by atoms with E-state index >= 15 is 0 Å². The molecule has 1 saturated heterocycles. The van der Waals surface area contributed by atoms with Crippen LogP contribution in [0.4, 0.5) is 4.79 Å². The SMILES string of the molecule is COCC1(CNC(=O)N2C[C@@H]3CCC[C@@]3(C(=O)O)C2)CCC1. The van der Waals surface area contributed by atoms with E-state index in [-0.39, 0.29) is 17.4 Å². The number of carbonyl (C=O) groups is 2. The van der Waals surface area contributed by atoms with Gasteiger partial charge in [0.2, 0.25) is 0 Å². The molecular weight excluding hydrogens is 284 g/mol. The largest absolute Gasteiger partial charge is 0.481 e. The summed E-state index contributed by atoms with van der Waals surface area (Å²) in [6.45, 7) is 2.24. The summed E-state index contributed by atoms with van der Waals surface area (Å²) in [5.41, 5.74) is -0.609. The highest BCUT2D eigenvalue weighted by Crippen LogP contribution is 2.49. The first-order valence-corrected chi connectivity index (χ1v) is 8.26. The van der Waals surface area contributed by atoms with Crippen molar-refractivity contribution in [2.75, 3.05) is 33.4 Å². The Kier molecular flexibility index (Phi) is 4.05. The van der Waals surface area contributed by atoms with Gasteiger partial charge in [0, 0.05) is 32.2 Å². The number of urea groups is 1. The first kappa shape index (κ1) is 15.6. The summed E-state index contributed by atoms with van der Waals surface area (Å²) in [5, 5.41) is 12.6. The molecule has 0 spiro atoms. The van der Waals surface area contributed by atoms with Gasteiger partial charge >= 0.3 is 12.0 Å². The fourth-order valence-corrected chi connectivity index (χ4v) is 4.52. The van der Waals surface area contributed by atoms with Crippen LogP contribution in [-0.2, 0) is 9.53 Å². The van der Waals surface area contributed by atoms with Crippen LogP contribution < -0.4 is 5.32 Å². The molecule has 22 heavy (non-hydrogen) atoms. The van der Waals surface area contributed by atoms with Crippen LogP contribution in [0.3, 0.4) is 0 Å². The molecule has 2 atom stereocenters. The number of carboxylic acids is 1. The van der Waals surface area contributed by atoms with Crippen molar-refractivity contribution in [3.05, 3.63) is 0 Å². The van der Waals surface area contributed by atoms with E-state index in [2.05, 4.69) is 5.32 Å². The molecule has 6 heteroatoms. The topological polar surface area (TPSA) is 78.9 Å². The van der Waals surface area contributed by atoms with Crippen molar-refractivity contribution in [3.8, 4) is 0 Å². The molecule has 0 unspecified atom stereocenters. The second kappa shape index (κ2) is 5.72. The zero-order valence-electron chi connectivity index (χ0n) is 13.3. The van der Waals surface area contributed by atoms with E-state index in [1.807, 2.05) is 0 Å². The maximum atomic E-state index is 12.4. The number of hydrogen-bond donors (Lipinski definition) is 2. The lowest BCUT2D eigenvalue weighted by molar-refractivity contribution is -0.149. The molecule has 0 aromatic carbocycles. The Hall–Kier alpha value is -1.30. The Balaban J connectivity index is 1.57. The molecule has 3 fully saturated rings. The van der Waals surface area contributed by atoms with Crippen molar-refractivity contribution >= 4 is 12.0 Å². The van der Waals surface area contributed by atoms with Gasteiger partial charge < -0.3 is 20.1 Å². The number of aliphatic carboxylic acids is 1. The molecule has 3 aliphatic rings. The van der Waals surface area contributed by atoms with E-state index in [9.17, 15) is 14.7 Å². The number of methoxy groups -OCH3 is 1. The lowest BCUT2D eigenvalue weighted by atomic mass is 9.69. The molecule has 0 aromatic rings. The van der Waals surface area contributed by atoms with Gasteiger partial charge in [-0.25, -0.2) is 4.79 Å². The average Bonchev–Trinajstić information content (AvgIpc) is 2.99. The third kappa shape index (κ3) is 2.47. The quantitative estimate of drug-likeness (QED) is 0.810. The Morgan fingerprint density at radius 1 is 1.32 bits per heavy atom. The number of hydrogen-bond acceptors (Lipinski definition) is 3. The summed E-state index contributed by atoms with van der Waals surface area (Å²) >= 11 is 0. The summed E-state index contributed by atoms with van der Waals surface area (Å²) in [4.78, 5) is 25.8. The molecular formula is C16H26N2O4. The predicted octanol–water partition coefficient (Wildman–Crippen LogP) is 1.70. The Labute approximate surface area is 131 Å². The molecule has 124 valence electrons. The van der Waals surface area contributed by atoms with E-state index in [1.165, 1.54) is 6.42 Å². The smallest absolute Gasteiger partial charge is 0.317 e. The number of carbonyl (C=O) groups excluding carboxylic acids is 1. The second-order valence-corrected chi connectivity index (χ2v) is 7.38. The minimum Gasteiger partial charge on any atom is -0.481 e. The highest BCUT2D eigenvalue weighted by Gasteiger charge is 2.55. The van der Waals surface area contributed by atoms with E-state index in [0.717, 1.165) is 25.7 Å². The first-order valence-electron chi connectivity index (χ1n) is 8.26. The summed E-state index contributed by atoms with van der Waals surface area (Å²) in [5.74, 6) is -0.618. The standard InChI is InChI=1S/C16H26N2O4/c1-22-11-15(5-3-6-15)9-17-14(21)18-8-12-4-2-7-16(12,10-18)13(19)20/h12H,2-11H2,1H3,(H,17,21)(H,19,20)/t12-,16+/m0/s1. The third-order valence-electron chi connectivity index (χ3n) is 6.06. The number of nitrogens with zero attached hydrogens (tertiary/aromatic N) is 1. The lowest BCUT2D eigenvalue weighted by Crippen LogP contribution is -2.49. The normalized spacial score (nSPS) is 32.4. The van der Waals surface area contributed by atoms with Gasteiger partial charge in [0.25, 0.3) is 0 Å². The fraction of sp³-hybridized carbons (Fsp3) is 0.875. The average molecular weight is 310 g/mol. The van der Waals surface area contributed by atoms with Crippen molar-refractivity contribution in [2.24, 2.45) is 16.7 Å². The third-order valence-corrected chi connectivity index (χ3v) is 6.06. The van der Waals surface area contributed by atoms with Crippen LogP contribution in [0.25, 0.3) is 0 Å². The van der Waals surface area contributed by atoms with Crippen molar-refractivity contribution in [2.45, 2.75) is 38.5 Å². The molecule has 2 aliphatic carbocycles. The molecule has 3 rings (SSSR count). The molecule has 2 amide bonds. The van der Waals surface area contributed by atoms with Gasteiger partial charge in [0.05, 0.1) is 12.0 Å². The molecule has 0 aromatic heterocycles. The van der Waals surface area contributed by atoms with Gasteiger partial charge in [-0.15, -0.1) is 0 Å². The van der Waals surface area contributed by atoms with Gasteiger partial charge in [-0.2, -0.15) is 0 Å². The number of amides is 2. The zero-order chi connectivity index (χ0) is 15.8. The summed E-state index contributed by atoms with van der Waals surface area (Å²) in [6, 6.07) is -0.114. The molecule has 0 radical (unpaired) electrons. The zero-order valence-corrected chi connectivity index (χ0v) is 13.3. The number of ether oxygens (including phenoxy) is 1. The Bertz CT molecular complexity index is 463. The Morgan fingerprint density at radius 3 is 2.64 bits per heavy atom. The molecule has 6 nitrogen and oxygen atoms in total. The predicted molar refractivity (Wildman–Crippen MR) is 80.5 cm³/mol. The van der Waals surface area contributed by atoms with Crippen LogP contribution >= 0.6 is 0 Å². The van der Waals surface area contributed by atoms with Gasteiger partial charge in [-0.3, -0.25) is 4.79 Å². The summed E-state index contributed by atoms with van der Waals surface area (Å²) in [7, 11) is 1.69. The van der Waals surface area contributed by atoms with Crippen LogP contribution in [0.15, 0.2) is 0 Å². The van der Waals surface area contributed by atoms with Crippen molar-refractivity contribution < 1.29 is 19.4 Å². The van der Waals surface area contributed by atoms with Crippen molar-refractivity contribution in [3.63, 3.8) is 0 Å². The maximum absolute atomic E-state index is 12.4. The van der Waals surface area contributed by atoms with Crippen molar-refractivity contribution in [1.82, 2.24) is 10.2 Å². The van der Waals surface area contributed by atoms with Gasteiger partial charge in [0.15, 0.2) is 0 Å². The lowest BCUT2D eigenvalue weighted by Gasteiger charge is -2.41. The van der Waals surface area contributed by atoms with Crippen LogP contribution in [0.1, 0.15) is 38.5 Å². The first-order chi connectivity index (χ1) is 10.5. The highest BCUT2D eigenvalue weighted by atomic mass is 16.5. The minimum absolute atomic E-state index is 0.0878. The molecule has 0 bridgehead atoms. The molecule has 1 aliphatic heterocycles. The van der Waals surface area contributed by atoms with E-state index < -0.39 is 11.4 Å². The fourth-order valence-electron chi connectivity index (χ4n) is 4.52. The van der Waals surface area contributed by atoms with Crippen LogP contribution in [-0.4, -0.2) is 55.4 Å². The number of likely N-dealkylation sites (tertiary alicyclic amines) is 1. The number of rotatable bonds is 5. The van der Waals surface area contributed by atoms with Gasteiger partial charge in [0.1, 0.15) is 0 Å². The van der Waals surface area contributed by atoms with E-state index in [0.29, 0.717) is 32.7 Å².